The predicted molar refractivity (Wildman–Crippen MR) is 186 cm³/mol. The minimum absolute atomic E-state index is 0.0255. The number of rotatable bonds is 8. The maximum absolute atomic E-state index is 12.9. The van der Waals surface area contributed by atoms with E-state index < -0.39 is 11.8 Å². The molecule has 2 aromatic carbocycles. The predicted octanol–water partition coefficient (Wildman–Crippen LogP) is 3.26. The lowest BCUT2D eigenvalue weighted by Gasteiger charge is -2.11. The number of anilines is 2. The maximum Gasteiger partial charge on any atom is 0.319 e. The summed E-state index contributed by atoms with van der Waals surface area (Å²) in [7, 11) is 3.17. The van der Waals surface area contributed by atoms with Gasteiger partial charge < -0.3 is 21.3 Å². The average Bonchev–Trinajstić information content (AvgIpc) is 3.15. The van der Waals surface area contributed by atoms with Crippen molar-refractivity contribution in [1.82, 2.24) is 49.7 Å². The first-order valence-electron chi connectivity index (χ1n) is 15.2. The van der Waals surface area contributed by atoms with Crippen LogP contribution in [-0.4, -0.2) is 51.1 Å². The minimum atomic E-state index is -0.502. The van der Waals surface area contributed by atoms with Gasteiger partial charge >= 0.3 is 12.1 Å². The number of hydrogen-bond acceptors (Lipinski definition) is 10. The quantitative estimate of drug-likeness (QED) is 0.184. The highest BCUT2D eigenvalue weighted by atomic mass is 19.1. The van der Waals surface area contributed by atoms with Crippen molar-refractivity contribution < 1.29 is 14.0 Å². The van der Waals surface area contributed by atoms with Gasteiger partial charge in [0, 0.05) is 50.0 Å². The molecule has 4 aromatic heterocycles. The van der Waals surface area contributed by atoms with Crippen molar-refractivity contribution in [3.63, 3.8) is 0 Å². The van der Waals surface area contributed by atoms with Crippen molar-refractivity contribution in [2.24, 2.45) is 14.1 Å². The van der Waals surface area contributed by atoms with Gasteiger partial charge in [-0.3, -0.25) is 18.7 Å². The van der Waals surface area contributed by atoms with E-state index in [4.69, 9.17) is 0 Å². The van der Waals surface area contributed by atoms with Crippen LogP contribution in [0.2, 0.25) is 0 Å². The summed E-state index contributed by atoms with van der Waals surface area (Å²) < 4.78 is 15.6. The Bertz CT molecular complexity index is 2220. The highest BCUT2D eigenvalue weighted by Gasteiger charge is 2.12. The van der Waals surface area contributed by atoms with E-state index in [-0.39, 0.29) is 30.2 Å². The largest absolute Gasteiger partial charge is 0.331 e. The molecule has 0 radical (unpaired) electrons. The molecule has 0 spiro atoms. The van der Waals surface area contributed by atoms with Crippen LogP contribution < -0.4 is 32.4 Å². The summed E-state index contributed by atoms with van der Waals surface area (Å²) >= 11 is 0. The second-order valence-corrected chi connectivity index (χ2v) is 10.6. The molecule has 0 bridgehead atoms. The van der Waals surface area contributed by atoms with E-state index in [0.717, 1.165) is 0 Å². The Morgan fingerprint density at radius 2 is 1.08 bits per heavy atom. The molecule has 0 fully saturated rings. The number of aromatic nitrogens is 8. The van der Waals surface area contributed by atoms with Gasteiger partial charge in [-0.1, -0.05) is 18.2 Å². The van der Waals surface area contributed by atoms with Crippen molar-refractivity contribution in [3.05, 3.63) is 142 Å². The zero-order valence-corrected chi connectivity index (χ0v) is 27.3. The maximum atomic E-state index is 12.9. The van der Waals surface area contributed by atoms with Gasteiger partial charge in [0.05, 0.1) is 35.9 Å². The molecule has 4 heterocycles. The van der Waals surface area contributed by atoms with Gasteiger partial charge in [0.2, 0.25) is 0 Å². The van der Waals surface area contributed by atoms with Crippen molar-refractivity contribution >= 4 is 23.4 Å². The van der Waals surface area contributed by atoms with Crippen LogP contribution in [0.3, 0.4) is 0 Å². The standard InChI is InChI=1S/C17H15FN6O2.C17H16N6O2/c1-24-15(9-20-17(26)22-12-4-2-11(18)3-5-12)23-14(8-16(24)25)13-6-7-19-10-21-13;1-23-15(10-19-17(25)21-12-5-3-2-4-6-12)22-14(9-16(23)24)13-7-8-18-11-20-13/h2-8,10H,9H2,1H3,(H2,20,22,26);2-9,11H,10H2,1H3,(H2,19,21,25). The molecule has 258 valence electrons. The number of nitrogens with one attached hydrogen (secondary N) is 4. The van der Waals surface area contributed by atoms with Crippen molar-refractivity contribution in [2.45, 2.75) is 13.1 Å². The van der Waals surface area contributed by atoms with Crippen LogP contribution in [0.15, 0.2) is 114 Å². The highest BCUT2D eigenvalue weighted by Crippen LogP contribution is 2.13. The lowest BCUT2D eigenvalue weighted by molar-refractivity contribution is 0.250. The van der Waals surface area contributed by atoms with E-state index >= 15 is 0 Å². The summed E-state index contributed by atoms with van der Waals surface area (Å²) in [6, 6.07) is 19.6. The lowest BCUT2D eigenvalue weighted by atomic mass is 10.3. The molecular formula is C34H31FN12O4. The normalized spacial score (nSPS) is 10.3. The number of amides is 4. The Morgan fingerprint density at radius 3 is 1.51 bits per heavy atom. The topological polar surface area (TPSA) is 204 Å². The van der Waals surface area contributed by atoms with E-state index in [0.29, 0.717) is 45.8 Å². The Labute approximate surface area is 289 Å². The van der Waals surface area contributed by atoms with Crippen LogP contribution in [0.1, 0.15) is 11.6 Å². The Hall–Kier alpha value is -7.17. The monoisotopic (exact) mass is 690 g/mol. The van der Waals surface area contributed by atoms with Crippen molar-refractivity contribution in [2.75, 3.05) is 10.6 Å². The number of halogens is 1. The Kier molecular flexibility index (Phi) is 11.6. The van der Waals surface area contributed by atoms with Crippen molar-refractivity contribution in [1.29, 1.82) is 0 Å². The van der Waals surface area contributed by atoms with Gasteiger partial charge in [-0.15, -0.1) is 0 Å². The van der Waals surface area contributed by atoms with Gasteiger partial charge in [-0.2, -0.15) is 0 Å². The van der Waals surface area contributed by atoms with Crippen LogP contribution in [0.5, 0.6) is 0 Å². The Balaban J connectivity index is 0.000000198. The molecule has 17 heteroatoms. The molecule has 6 rings (SSSR count). The smallest absolute Gasteiger partial charge is 0.319 e. The Morgan fingerprint density at radius 1 is 0.627 bits per heavy atom. The van der Waals surface area contributed by atoms with Crippen LogP contribution in [0.25, 0.3) is 22.8 Å². The number of hydrogen-bond donors (Lipinski definition) is 4. The summed E-state index contributed by atoms with van der Waals surface area (Å²) in [5.74, 6) is 0.390. The SMILES string of the molecule is Cn1c(CNC(=O)Nc2ccc(F)cc2)nc(-c2ccncn2)cc1=O.Cn1c(CNC(=O)Nc2ccccc2)nc(-c2ccncn2)cc1=O. The first-order valence-corrected chi connectivity index (χ1v) is 15.2. The van der Waals surface area contributed by atoms with E-state index in [9.17, 15) is 23.6 Å². The molecule has 0 atom stereocenters. The van der Waals surface area contributed by atoms with Gasteiger partial charge in [0.25, 0.3) is 11.1 Å². The number of carbonyl (C=O) groups excluding carboxylic acids is 2. The lowest BCUT2D eigenvalue weighted by Crippen LogP contribution is -2.32. The molecule has 51 heavy (non-hydrogen) atoms. The van der Waals surface area contributed by atoms with Crippen LogP contribution in [-0.2, 0) is 27.2 Å². The van der Waals surface area contributed by atoms with Gasteiger partial charge in [-0.05, 0) is 48.5 Å². The van der Waals surface area contributed by atoms with E-state index in [1.807, 2.05) is 18.2 Å². The summed E-state index contributed by atoms with van der Waals surface area (Å²) in [6.07, 6.45) is 5.88. The zero-order chi connectivity index (χ0) is 36.2. The third-order valence-electron chi connectivity index (χ3n) is 7.09. The number of urea groups is 2. The molecule has 0 aliphatic rings. The fraction of sp³-hybridized carbons (Fsp3) is 0.118. The fourth-order valence-electron chi connectivity index (χ4n) is 4.36. The van der Waals surface area contributed by atoms with Crippen molar-refractivity contribution in [3.8, 4) is 22.8 Å². The zero-order valence-electron chi connectivity index (χ0n) is 27.3. The highest BCUT2D eigenvalue weighted by molar-refractivity contribution is 5.89. The third-order valence-corrected chi connectivity index (χ3v) is 7.09. The number of benzene rings is 2. The molecule has 0 aliphatic carbocycles. The van der Waals surface area contributed by atoms with E-state index in [2.05, 4.69) is 51.2 Å². The third kappa shape index (κ3) is 9.92. The number of carbonyl (C=O) groups is 2. The molecule has 16 nitrogen and oxygen atoms in total. The second kappa shape index (κ2) is 16.8. The molecular weight excluding hydrogens is 659 g/mol. The van der Waals surface area contributed by atoms with Gasteiger partial charge in [0.15, 0.2) is 0 Å². The molecule has 0 saturated heterocycles. The average molecular weight is 691 g/mol. The fourth-order valence-corrected chi connectivity index (χ4v) is 4.36. The first kappa shape index (κ1) is 35.1. The van der Waals surface area contributed by atoms with Gasteiger partial charge in [-0.25, -0.2) is 43.9 Å². The first-order chi connectivity index (χ1) is 24.7. The summed E-state index contributed by atoms with van der Waals surface area (Å²) in [4.78, 5) is 72.8. The molecule has 0 saturated carbocycles. The van der Waals surface area contributed by atoms with Crippen LogP contribution in [0, 0.1) is 5.82 Å². The van der Waals surface area contributed by atoms with Crippen LogP contribution >= 0.6 is 0 Å². The summed E-state index contributed by atoms with van der Waals surface area (Å²) in [6.45, 7) is 0.126. The molecule has 0 unspecified atom stereocenters. The molecule has 4 N–H and O–H groups in total. The number of para-hydroxylation sites is 1. The molecule has 4 amide bonds. The summed E-state index contributed by atoms with van der Waals surface area (Å²) in [5, 5.41) is 10.6. The molecule has 0 aliphatic heterocycles. The van der Waals surface area contributed by atoms with E-state index in [1.165, 1.54) is 58.2 Å². The van der Waals surface area contributed by atoms with Gasteiger partial charge in [0.1, 0.15) is 30.1 Å². The number of nitrogens with zero attached hydrogens (tertiary/aromatic N) is 8. The van der Waals surface area contributed by atoms with Crippen LogP contribution in [0.4, 0.5) is 25.4 Å². The van der Waals surface area contributed by atoms with E-state index in [1.54, 1.807) is 50.8 Å². The molecule has 6 aromatic rings. The minimum Gasteiger partial charge on any atom is -0.331 e. The summed E-state index contributed by atoms with van der Waals surface area (Å²) in [5.41, 5.74) is 2.50. The second-order valence-electron chi connectivity index (χ2n) is 10.6.